The number of carboxylic acid groups (broad SMARTS) is 1. The number of anilines is 2. The third-order valence-electron chi connectivity index (χ3n) is 8.22. The monoisotopic (exact) mass is 764 g/mol. The lowest BCUT2D eigenvalue weighted by atomic mass is 9.93. The van der Waals surface area contributed by atoms with E-state index in [-0.39, 0.29) is 73.1 Å². The number of carbonyl (C=O) groups excluding carboxylic acids is 3. The largest absolute Gasteiger partial charge is 0.759 e. The van der Waals surface area contributed by atoms with Crippen molar-refractivity contribution in [3.63, 3.8) is 0 Å². The molecule has 17 heteroatoms. The van der Waals surface area contributed by atoms with E-state index in [1.807, 2.05) is 6.92 Å². The molecule has 55 heavy (non-hydrogen) atoms. The third-order valence-corrected chi connectivity index (χ3v) is 8.82. The predicted molar refractivity (Wildman–Crippen MR) is 201 cm³/mol. The van der Waals surface area contributed by atoms with E-state index in [1.54, 1.807) is 60.7 Å². The number of Topliss-reactive ketones (excluding diaryl/α,β-unsaturated/α-hetero) is 2. The van der Waals surface area contributed by atoms with Crippen molar-refractivity contribution in [2.45, 2.75) is 51.8 Å². The van der Waals surface area contributed by atoms with Crippen molar-refractivity contribution < 1.29 is 37.9 Å². The van der Waals surface area contributed by atoms with Gasteiger partial charge < -0.3 is 21.5 Å². The molecule has 0 aliphatic carbocycles. The summed E-state index contributed by atoms with van der Waals surface area (Å²) in [5, 5.41) is 15.4. The minimum absolute atomic E-state index is 0.000712. The highest BCUT2D eigenvalue weighted by Crippen LogP contribution is 2.25. The lowest BCUT2D eigenvalue weighted by Gasteiger charge is -2.15. The third kappa shape index (κ3) is 11.1. The molecule has 6 N–H and O–H groups in total. The first-order chi connectivity index (χ1) is 26.4. The van der Waals surface area contributed by atoms with Gasteiger partial charge in [0.2, 0.25) is 5.95 Å². The van der Waals surface area contributed by atoms with Crippen molar-refractivity contribution >= 4 is 54.5 Å². The van der Waals surface area contributed by atoms with Crippen molar-refractivity contribution in [2.24, 2.45) is 0 Å². The van der Waals surface area contributed by atoms with Gasteiger partial charge in [-0.1, -0.05) is 54.5 Å². The molecule has 2 atom stereocenters. The van der Waals surface area contributed by atoms with Gasteiger partial charge in [-0.3, -0.25) is 24.2 Å². The number of nitrogens with two attached hydrogens (primary N) is 1. The van der Waals surface area contributed by atoms with Crippen molar-refractivity contribution in [2.75, 3.05) is 11.1 Å². The zero-order chi connectivity index (χ0) is 39.5. The van der Waals surface area contributed by atoms with Crippen LogP contribution in [0.25, 0.3) is 11.2 Å². The van der Waals surface area contributed by atoms with E-state index in [0.717, 1.165) is 5.56 Å². The normalized spacial score (nSPS) is 11.6. The Hall–Kier alpha value is -6.82. The first kappa shape index (κ1) is 39.4. The molecule has 5 aromatic rings. The number of aromatic amines is 1. The summed E-state index contributed by atoms with van der Waals surface area (Å²) in [6, 6.07) is 17.0. The summed E-state index contributed by atoms with van der Waals surface area (Å²) in [5.41, 5.74) is 9.59. The van der Waals surface area contributed by atoms with E-state index in [0.29, 0.717) is 33.6 Å². The van der Waals surface area contributed by atoms with Crippen LogP contribution in [-0.4, -0.2) is 54.5 Å². The Morgan fingerprint density at radius 3 is 2.45 bits per heavy atom. The average Bonchev–Trinajstić information content (AvgIpc) is 3.15. The lowest BCUT2D eigenvalue weighted by Crippen LogP contribution is -2.41. The maximum absolute atomic E-state index is 13.3. The highest BCUT2D eigenvalue weighted by molar-refractivity contribution is 7.33. The van der Waals surface area contributed by atoms with Crippen LogP contribution in [0, 0.1) is 19.5 Å². The number of nitrogen functional groups attached to an aromatic ring is 1. The summed E-state index contributed by atoms with van der Waals surface area (Å²) < 4.78 is 20.9. The Bertz CT molecular complexity index is 2360. The molecule has 0 radical (unpaired) electrons. The molecule has 1 amide bonds. The summed E-state index contributed by atoms with van der Waals surface area (Å²) in [5.74, 6) is -2.52. The number of terminal acetylenes is 1. The predicted octanol–water partition coefficient (Wildman–Crippen LogP) is 4.20. The summed E-state index contributed by atoms with van der Waals surface area (Å²) in [6.07, 6.45) is 7.81. The highest BCUT2D eigenvalue weighted by Gasteiger charge is 2.23. The number of ketones is 2. The van der Waals surface area contributed by atoms with E-state index in [1.165, 1.54) is 18.3 Å². The van der Waals surface area contributed by atoms with Crippen LogP contribution in [0.4, 0.5) is 11.6 Å². The summed E-state index contributed by atoms with van der Waals surface area (Å²) >= 11 is 0. The smallest absolute Gasteiger partial charge is 0.480 e. The number of carboxylic acids is 1. The van der Waals surface area contributed by atoms with Gasteiger partial charge >= 0.3 is 14.2 Å². The molecule has 5 rings (SSSR count). The average molecular weight is 765 g/mol. The van der Waals surface area contributed by atoms with Gasteiger partial charge in [0.1, 0.15) is 18.4 Å². The second kappa shape index (κ2) is 18.3. The van der Waals surface area contributed by atoms with Gasteiger partial charge in [0.15, 0.2) is 23.1 Å². The molecule has 0 saturated heterocycles. The zero-order valence-corrected chi connectivity index (χ0v) is 30.3. The van der Waals surface area contributed by atoms with Crippen LogP contribution in [0.5, 0.6) is 0 Å². The Morgan fingerprint density at radius 1 is 1.02 bits per heavy atom. The Kier molecular flexibility index (Phi) is 13.1. The van der Waals surface area contributed by atoms with Crippen LogP contribution in [0.3, 0.4) is 0 Å². The van der Waals surface area contributed by atoms with E-state index < -0.39 is 31.7 Å². The molecule has 16 nitrogen and oxygen atoms in total. The van der Waals surface area contributed by atoms with Gasteiger partial charge in [0, 0.05) is 40.6 Å². The second-order valence-corrected chi connectivity index (χ2v) is 13.2. The first-order valence-electron chi connectivity index (χ1n) is 16.7. The summed E-state index contributed by atoms with van der Waals surface area (Å²) in [7, 11) is -2.44. The van der Waals surface area contributed by atoms with Gasteiger partial charge in [0.05, 0.1) is 18.4 Å². The molecule has 2 heterocycles. The fraction of sp³-hybridized carbons (Fsp3) is 0.211. The van der Waals surface area contributed by atoms with Crippen molar-refractivity contribution in [3.8, 4) is 12.5 Å². The number of amides is 1. The van der Waals surface area contributed by atoms with Crippen LogP contribution in [0.15, 0.2) is 77.7 Å². The number of hydrogen-bond acceptors (Lipinski definition) is 13. The Balaban J connectivity index is 1.13. The number of aliphatic carboxylic acids is 1. The molecule has 0 fully saturated rings. The molecule has 0 bridgehead atoms. The van der Waals surface area contributed by atoms with Gasteiger partial charge in [-0.05, 0) is 54.3 Å². The van der Waals surface area contributed by atoms with Crippen LogP contribution < -0.4 is 21.9 Å². The molecule has 1 unspecified atom stereocenters. The number of benzene rings is 3. The molecule has 0 aliphatic rings. The molecule has 2 aromatic heterocycles. The number of aromatic nitrogens is 4. The summed E-state index contributed by atoms with van der Waals surface area (Å²) in [6.45, 7) is 2.04. The minimum Gasteiger partial charge on any atom is -0.480 e. The number of fused-ring (bicyclic) bond motifs is 1. The molecule has 0 aliphatic heterocycles. The Morgan fingerprint density at radius 2 is 1.75 bits per heavy atom. The quantitative estimate of drug-likeness (QED) is 0.0477. The number of H-pyrrole nitrogens is 1. The fourth-order valence-electron chi connectivity index (χ4n) is 5.46. The first-order valence-corrected chi connectivity index (χ1v) is 17.8. The van der Waals surface area contributed by atoms with Crippen molar-refractivity contribution in [3.05, 3.63) is 122 Å². The van der Waals surface area contributed by atoms with E-state index in [4.69, 9.17) is 16.7 Å². The van der Waals surface area contributed by atoms with Crippen LogP contribution in [0.1, 0.15) is 61.5 Å². The summed E-state index contributed by atoms with van der Waals surface area (Å²) in [4.78, 5) is 78.3. The number of hydrogen-bond donors (Lipinski definition) is 5. The second-order valence-electron chi connectivity index (χ2n) is 12.3. The maximum atomic E-state index is 13.3. The number of carbonyl (C=O) groups is 4. The minimum atomic E-state index is -2.44. The van der Waals surface area contributed by atoms with Crippen LogP contribution in [-0.2, 0) is 49.2 Å². The number of aryl methyl sites for hydroxylation is 1. The molecule has 3 aromatic carbocycles. The SMILES string of the molecule is C#CO[P+](=O)OCc1ccc(CC(=O)c2ccc(C)cc2CC(=O)CC[C@H](NC(=O)c2ccc(NCc3cnc4nc(N)[nH]c(=O)c4n3)cc2)C(=O)O)cc1. The lowest BCUT2D eigenvalue weighted by molar-refractivity contribution is -0.139. The molecule has 0 spiro atoms. The maximum Gasteiger partial charge on any atom is 0.759 e. The van der Waals surface area contributed by atoms with E-state index >= 15 is 0 Å². The van der Waals surface area contributed by atoms with Crippen LogP contribution >= 0.6 is 8.25 Å². The molecular weight excluding hydrogens is 729 g/mol. The highest BCUT2D eigenvalue weighted by atomic mass is 31.1. The topological polar surface area (TPSA) is 246 Å². The zero-order valence-electron chi connectivity index (χ0n) is 29.4. The molecular formula is C38H35N7O9P+. The van der Waals surface area contributed by atoms with Gasteiger partial charge in [-0.15, -0.1) is 4.52 Å². The van der Waals surface area contributed by atoms with E-state index in [2.05, 4.69) is 35.1 Å². The standard InChI is InChI=1S/C38H34N7O9P/c1-3-53-55(52)54-21-24-7-5-23(6-8-24)17-32(47)30-14-4-22(2)16-26(30)18-29(46)13-15-31(37(50)51)43-35(48)25-9-11-27(12-10-25)40-19-28-20-41-34-33(42-28)36(49)45-38(39)44-34/h1,4-12,14,16,20,31H,13,15,17-19,21H2,2H3,(H5-,39,40,41,43,44,45,48,49,50,51)/p+1/t31-/m0/s1. The van der Waals surface area contributed by atoms with Crippen molar-refractivity contribution in [1.29, 1.82) is 0 Å². The van der Waals surface area contributed by atoms with E-state index in [9.17, 15) is 33.6 Å². The fourth-order valence-corrected chi connectivity index (χ4v) is 5.86. The number of rotatable bonds is 18. The Labute approximate surface area is 314 Å². The van der Waals surface area contributed by atoms with Crippen LogP contribution in [0.2, 0.25) is 0 Å². The number of nitrogens with zero attached hydrogens (tertiary/aromatic N) is 3. The van der Waals surface area contributed by atoms with Gasteiger partial charge in [-0.25, -0.2) is 14.8 Å². The molecule has 280 valence electrons. The van der Waals surface area contributed by atoms with Gasteiger partial charge in [-0.2, -0.15) is 9.51 Å². The molecule has 0 saturated carbocycles. The number of nitrogens with one attached hydrogen (secondary N) is 3. The van der Waals surface area contributed by atoms with Crippen molar-refractivity contribution in [1.82, 2.24) is 25.3 Å². The van der Waals surface area contributed by atoms with Gasteiger partial charge in [0.25, 0.3) is 11.5 Å².